The fourth-order valence-electron chi connectivity index (χ4n) is 7.38. The maximum atomic E-state index is 14.9. The highest BCUT2D eigenvalue weighted by atomic mass is 16.6. The first-order chi connectivity index (χ1) is 22.2. The number of aliphatic hydroxyl groups is 1. The zero-order valence-corrected chi connectivity index (χ0v) is 26.4. The predicted molar refractivity (Wildman–Crippen MR) is 170 cm³/mol. The Morgan fingerprint density at radius 2 is 1.80 bits per heavy atom. The van der Waals surface area contributed by atoms with Crippen molar-refractivity contribution in [2.75, 3.05) is 24.6 Å². The van der Waals surface area contributed by atoms with Gasteiger partial charge in [0.2, 0.25) is 11.8 Å². The largest absolute Gasteiger partial charge is 0.455 e. The van der Waals surface area contributed by atoms with Crippen LogP contribution >= 0.6 is 0 Å². The lowest BCUT2D eigenvalue weighted by Crippen LogP contribution is -2.56. The fraction of sp³-hybridized carbons (Fsp3) is 0.444. The van der Waals surface area contributed by atoms with Crippen LogP contribution < -0.4 is 10.2 Å². The fourth-order valence-corrected chi connectivity index (χ4v) is 7.38. The van der Waals surface area contributed by atoms with Gasteiger partial charge >= 0.3 is 5.97 Å². The lowest BCUT2D eigenvalue weighted by atomic mass is 9.74. The number of anilines is 1. The molecule has 10 nitrogen and oxygen atoms in total. The summed E-state index contributed by atoms with van der Waals surface area (Å²) in [5.74, 6) is -3.53. The number of amides is 3. The number of carbonyl (C=O) groups is 4. The van der Waals surface area contributed by atoms with Crippen LogP contribution in [0.1, 0.15) is 49.0 Å². The van der Waals surface area contributed by atoms with Gasteiger partial charge in [0, 0.05) is 31.8 Å². The Kier molecular flexibility index (Phi) is 8.85. The zero-order chi connectivity index (χ0) is 32.6. The molecule has 4 aliphatic rings. The summed E-state index contributed by atoms with van der Waals surface area (Å²) in [6.45, 7) is 5.83. The number of cyclic esters (lactones) is 1. The number of benzene rings is 2. The van der Waals surface area contributed by atoms with Gasteiger partial charge in [-0.2, -0.15) is 0 Å². The number of aliphatic hydroxyl groups excluding tert-OH is 1. The molecular formula is C36H41N3O7. The van der Waals surface area contributed by atoms with Gasteiger partial charge in [0.15, 0.2) is 0 Å². The van der Waals surface area contributed by atoms with Crippen molar-refractivity contribution in [1.82, 2.24) is 10.2 Å². The first kappa shape index (κ1) is 31.7. The number of rotatable bonds is 5. The molecule has 4 heterocycles. The molecule has 7 atom stereocenters. The summed E-state index contributed by atoms with van der Waals surface area (Å²) in [6.07, 6.45) is 6.61. The number of nitrogens with one attached hydrogen (secondary N) is 1. The summed E-state index contributed by atoms with van der Waals surface area (Å²) < 4.78 is 12.7. The molecule has 10 heteroatoms. The van der Waals surface area contributed by atoms with Crippen molar-refractivity contribution in [3.8, 4) is 0 Å². The summed E-state index contributed by atoms with van der Waals surface area (Å²) in [4.78, 5) is 59.5. The number of aryl methyl sites for hydroxylation is 2. The van der Waals surface area contributed by atoms with Crippen LogP contribution in [0.3, 0.4) is 0 Å². The van der Waals surface area contributed by atoms with E-state index < -0.39 is 47.7 Å². The van der Waals surface area contributed by atoms with E-state index in [9.17, 15) is 24.3 Å². The van der Waals surface area contributed by atoms with Crippen LogP contribution in [0.2, 0.25) is 0 Å². The second kappa shape index (κ2) is 12.8. The maximum absolute atomic E-state index is 14.9. The van der Waals surface area contributed by atoms with Crippen LogP contribution in [-0.2, 0) is 28.7 Å². The molecule has 2 N–H and O–H groups in total. The summed E-state index contributed by atoms with van der Waals surface area (Å²) in [5.41, 5.74) is 1.87. The molecule has 0 aliphatic carbocycles. The zero-order valence-electron chi connectivity index (χ0n) is 26.4. The molecule has 2 aromatic rings. The average Bonchev–Trinajstić information content (AvgIpc) is 3.68. The van der Waals surface area contributed by atoms with Crippen LogP contribution in [0.25, 0.3) is 0 Å². The topological polar surface area (TPSA) is 125 Å². The summed E-state index contributed by atoms with van der Waals surface area (Å²) in [5, 5.41) is 12.7. The molecule has 0 aromatic heterocycles. The lowest BCUT2D eigenvalue weighted by Gasteiger charge is -2.36. The van der Waals surface area contributed by atoms with Crippen molar-refractivity contribution in [1.29, 1.82) is 0 Å². The smallest absolute Gasteiger partial charge is 0.313 e. The van der Waals surface area contributed by atoms with Gasteiger partial charge in [-0.1, -0.05) is 66.8 Å². The van der Waals surface area contributed by atoms with Crippen molar-refractivity contribution in [2.24, 2.45) is 11.8 Å². The van der Waals surface area contributed by atoms with Gasteiger partial charge < -0.3 is 29.7 Å². The van der Waals surface area contributed by atoms with E-state index in [1.165, 1.54) is 4.90 Å². The molecule has 0 radical (unpaired) electrons. The predicted octanol–water partition coefficient (Wildman–Crippen LogP) is 3.31. The second-order valence-corrected chi connectivity index (χ2v) is 12.7. The molecule has 242 valence electrons. The van der Waals surface area contributed by atoms with Gasteiger partial charge in [0.25, 0.3) is 5.91 Å². The van der Waals surface area contributed by atoms with Crippen LogP contribution in [-0.4, -0.2) is 77.2 Å². The van der Waals surface area contributed by atoms with E-state index in [4.69, 9.17) is 9.47 Å². The third-order valence-corrected chi connectivity index (χ3v) is 9.57. The third-order valence-electron chi connectivity index (χ3n) is 9.57. The van der Waals surface area contributed by atoms with Gasteiger partial charge in [-0.05, 0) is 56.4 Å². The number of allylic oxidation sites excluding steroid dienone is 1. The number of esters is 1. The van der Waals surface area contributed by atoms with Crippen LogP contribution in [0.15, 0.2) is 72.8 Å². The minimum absolute atomic E-state index is 0.125. The first-order valence-electron chi connectivity index (χ1n) is 16.0. The van der Waals surface area contributed by atoms with E-state index in [2.05, 4.69) is 5.32 Å². The average molecular weight is 628 g/mol. The standard InChI is InChI=1S/C36H41N3O7/c1-22-14-15-23(2)26(21-22)38-18-9-5-8-13-28(41)37-24(3)31(25-11-6-4-7-12-25)45-35(44)29-27-16-17-36(46-27)30(29)33(42)39(19-10-20-40)32(36)34(38)43/h4-7,9,11-12,14-17,21,24,27,29-32,40H,8,10,13,18-20H2,1-3H3,(H,37,41)/b9-5-/t24-,27+,29-,30-,31+,32+,36-/m1/s1. The van der Waals surface area contributed by atoms with E-state index in [0.29, 0.717) is 17.7 Å². The normalized spacial score (nSPS) is 32.0. The molecule has 3 amide bonds. The van der Waals surface area contributed by atoms with Crippen LogP contribution in [0.4, 0.5) is 5.69 Å². The molecule has 5 bridgehead atoms. The first-order valence-corrected chi connectivity index (χ1v) is 16.0. The Balaban J connectivity index is 1.45. The van der Waals surface area contributed by atoms with E-state index in [-0.39, 0.29) is 50.3 Å². The Labute approximate surface area is 269 Å². The number of hydrogen-bond acceptors (Lipinski definition) is 7. The summed E-state index contributed by atoms with van der Waals surface area (Å²) in [6, 6.07) is 13.4. The number of nitrogens with zero attached hydrogens (tertiary/aromatic N) is 2. The van der Waals surface area contributed by atoms with E-state index in [1.807, 2.05) is 74.5 Å². The molecule has 1 spiro atoms. The molecule has 2 aromatic carbocycles. The molecule has 0 unspecified atom stereocenters. The monoisotopic (exact) mass is 627 g/mol. The van der Waals surface area contributed by atoms with Gasteiger partial charge in [0.05, 0.1) is 18.1 Å². The SMILES string of the molecule is Cc1ccc(C)c(N2C/C=C\CCC(=O)N[C@H](C)[C@@H](c3ccccc3)OC(=O)[C@@H]3[C@@H]4C=C[C@]5(O4)[C@H](C2=O)N(CCCO)C(=O)[C@@H]35)c1. The van der Waals surface area contributed by atoms with E-state index in [1.54, 1.807) is 24.0 Å². The molecule has 2 saturated heterocycles. The highest BCUT2D eigenvalue weighted by Crippen LogP contribution is 2.56. The van der Waals surface area contributed by atoms with Crippen LogP contribution in [0, 0.1) is 25.7 Å². The third kappa shape index (κ3) is 5.54. The molecule has 6 rings (SSSR count). The number of likely N-dealkylation sites (tertiary alicyclic amines) is 1. The number of fused-ring (bicyclic) bond motifs is 2. The van der Waals surface area contributed by atoms with Gasteiger partial charge in [-0.3, -0.25) is 19.2 Å². The van der Waals surface area contributed by atoms with Crippen molar-refractivity contribution < 1.29 is 33.8 Å². The Bertz CT molecular complexity index is 1570. The minimum atomic E-state index is -1.38. The number of hydrogen-bond donors (Lipinski definition) is 2. The summed E-state index contributed by atoms with van der Waals surface area (Å²) >= 11 is 0. The van der Waals surface area contributed by atoms with Crippen molar-refractivity contribution in [3.05, 3.63) is 89.5 Å². The molecular weight excluding hydrogens is 586 g/mol. The Morgan fingerprint density at radius 1 is 1.02 bits per heavy atom. The highest BCUT2D eigenvalue weighted by Gasteiger charge is 2.73. The molecule has 4 aliphatic heterocycles. The maximum Gasteiger partial charge on any atom is 0.313 e. The quantitative estimate of drug-likeness (QED) is 0.385. The van der Waals surface area contributed by atoms with Gasteiger partial charge in [0.1, 0.15) is 23.7 Å². The van der Waals surface area contributed by atoms with E-state index in [0.717, 1.165) is 11.1 Å². The van der Waals surface area contributed by atoms with E-state index >= 15 is 0 Å². The lowest BCUT2D eigenvalue weighted by molar-refractivity contribution is -0.161. The highest BCUT2D eigenvalue weighted by molar-refractivity contribution is 6.05. The summed E-state index contributed by atoms with van der Waals surface area (Å²) in [7, 11) is 0. The molecule has 46 heavy (non-hydrogen) atoms. The number of ether oxygens (including phenoxy) is 2. The Hall–Kier alpha value is -4.28. The molecule has 2 fully saturated rings. The van der Waals surface area contributed by atoms with Crippen molar-refractivity contribution in [3.63, 3.8) is 0 Å². The van der Waals surface area contributed by atoms with Crippen LogP contribution in [0.5, 0.6) is 0 Å². The van der Waals surface area contributed by atoms with Crippen molar-refractivity contribution >= 4 is 29.4 Å². The number of carbonyl (C=O) groups excluding carboxylic acids is 4. The van der Waals surface area contributed by atoms with Gasteiger partial charge in [-0.15, -0.1) is 0 Å². The minimum Gasteiger partial charge on any atom is -0.455 e. The molecule has 0 saturated carbocycles. The second-order valence-electron chi connectivity index (χ2n) is 12.7. The van der Waals surface area contributed by atoms with Crippen molar-refractivity contribution in [2.45, 2.75) is 69.9 Å². The Morgan fingerprint density at radius 3 is 2.57 bits per heavy atom. The van der Waals surface area contributed by atoms with Gasteiger partial charge in [-0.25, -0.2) is 0 Å².